The fraction of sp³-hybridized carbons (Fsp3) is 0.290. The molecule has 0 atom stereocenters. The van der Waals surface area contributed by atoms with Crippen LogP contribution in [0.5, 0.6) is 5.75 Å². The number of amides is 2. The maximum Gasteiger partial charge on any atom is 0.254 e. The van der Waals surface area contributed by atoms with Crippen LogP contribution in [0.15, 0.2) is 85.1 Å². The van der Waals surface area contributed by atoms with Gasteiger partial charge >= 0.3 is 0 Å². The van der Waals surface area contributed by atoms with Gasteiger partial charge in [-0.3, -0.25) is 9.59 Å². The minimum atomic E-state index is -0.152. The summed E-state index contributed by atoms with van der Waals surface area (Å²) in [7, 11) is 1.60. The first-order valence-corrected chi connectivity index (χ1v) is 12.7. The zero-order valence-corrected chi connectivity index (χ0v) is 21.8. The van der Waals surface area contributed by atoms with Gasteiger partial charge in [0.1, 0.15) is 12.3 Å². The number of nitrogens with one attached hydrogen (secondary N) is 1. The molecular weight excluding hydrogens is 462 g/mol. The predicted molar refractivity (Wildman–Crippen MR) is 148 cm³/mol. The Bertz CT molecular complexity index is 1310. The van der Waals surface area contributed by atoms with Gasteiger partial charge in [0.15, 0.2) is 0 Å². The molecule has 6 heteroatoms. The molecule has 0 saturated carbocycles. The molecule has 0 saturated heterocycles. The number of nitrogens with zero attached hydrogens (tertiary/aromatic N) is 2. The van der Waals surface area contributed by atoms with Crippen LogP contribution >= 0.6 is 0 Å². The Balaban J connectivity index is 1.53. The van der Waals surface area contributed by atoms with E-state index in [4.69, 9.17) is 4.74 Å². The number of para-hydroxylation sites is 1. The number of aromatic amines is 1. The van der Waals surface area contributed by atoms with E-state index in [0.717, 1.165) is 17.5 Å². The highest BCUT2D eigenvalue weighted by Crippen LogP contribution is 2.19. The molecule has 4 aromatic rings. The zero-order valence-electron chi connectivity index (χ0n) is 21.8. The molecule has 1 heterocycles. The van der Waals surface area contributed by atoms with E-state index in [2.05, 4.69) is 31.0 Å². The fourth-order valence-electron chi connectivity index (χ4n) is 4.53. The minimum Gasteiger partial charge on any atom is -0.497 e. The third-order valence-corrected chi connectivity index (χ3v) is 6.43. The number of methoxy groups -OCH3 is 1. The third-order valence-electron chi connectivity index (χ3n) is 6.43. The van der Waals surface area contributed by atoms with E-state index in [1.807, 2.05) is 53.6 Å². The summed E-state index contributed by atoms with van der Waals surface area (Å²) in [6.45, 7) is 5.69. The van der Waals surface area contributed by atoms with Crippen LogP contribution in [0.1, 0.15) is 35.3 Å². The van der Waals surface area contributed by atoms with E-state index in [9.17, 15) is 9.59 Å². The number of hydrogen-bond donors (Lipinski definition) is 1. The van der Waals surface area contributed by atoms with E-state index in [0.29, 0.717) is 30.9 Å². The first kappa shape index (κ1) is 26.0. The molecule has 1 N–H and O–H groups in total. The highest BCUT2D eigenvalue weighted by atomic mass is 16.5. The summed E-state index contributed by atoms with van der Waals surface area (Å²) in [6, 6.07) is 25.2. The molecule has 1 aromatic heterocycles. The Hall–Kier alpha value is -4.06. The molecule has 0 bridgehead atoms. The van der Waals surface area contributed by atoms with E-state index in [-0.39, 0.29) is 24.3 Å². The molecule has 2 amide bonds. The van der Waals surface area contributed by atoms with Crippen LogP contribution in [-0.4, -0.2) is 53.3 Å². The average molecular weight is 498 g/mol. The number of fused-ring (bicyclic) bond motifs is 1. The van der Waals surface area contributed by atoms with Crippen LogP contribution < -0.4 is 4.74 Å². The topological polar surface area (TPSA) is 65.6 Å². The van der Waals surface area contributed by atoms with Crippen molar-refractivity contribution in [1.82, 2.24) is 14.8 Å². The Morgan fingerprint density at radius 1 is 0.892 bits per heavy atom. The average Bonchev–Trinajstić information content (AvgIpc) is 3.33. The summed E-state index contributed by atoms with van der Waals surface area (Å²) in [5.74, 6) is 0.699. The van der Waals surface area contributed by atoms with E-state index >= 15 is 0 Å². The molecule has 0 unspecified atom stereocenters. The van der Waals surface area contributed by atoms with Gasteiger partial charge in [0.25, 0.3) is 5.91 Å². The SMILES string of the molecule is COc1ccc(C(=O)N(CC(=O)N(CCc2c[nH]c3ccccc23)Cc2ccccc2)CC(C)C)cc1. The van der Waals surface area contributed by atoms with Gasteiger partial charge in [-0.15, -0.1) is 0 Å². The smallest absolute Gasteiger partial charge is 0.254 e. The number of ether oxygens (including phenoxy) is 1. The monoisotopic (exact) mass is 497 g/mol. The Kier molecular flexibility index (Phi) is 8.62. The standard InChI is InChI=1S/C31H35N3O3/c1-23(2)20-34(31(36)25-13-15-27(37-3)16-14-25)22-30(35)33(21-24-9-5-4-6-10-24)18-17-26-19-32-29-12-8-7-11-28(26)29/h4-16,19,23,32H,17-18,20-22H2,1-3H3. The van der Waals surface area contributed by atoms with Crippen LogP contribution in [0.25, 0.3) is 10.9 Å². The number of carbonyl (C=O) groups excluding carboxylic acids is 2. The summed E-state index contributed by atoms with van der Waals surface area (Å²) < 4.78 is 5.22. The quantitative estimate of drug-likeness (QED) is 0.296. The van der Waals surface area contributed by atoms with Crippen molar-refractivity contribution in [2.75, 3.05) is 26.7 Å². The molecule has 192 valence electrons. The maximum atomic E-state index is 13.7. The highest BCUT2D eigenvalue weighted by Gasteiger charge is 2.23. The van der Waals surface area contributed by atoms with Crippen LogP contribution in [0.3, 0.4) is 0 Å². The van der Waals surface area contributed by atoms with Gasteiger partial charge in [0.2, 0.25) is 5.91 Å². The fourth-order valence-corrected chi connectivity index (χ4v) is 4.53. The van der Waals surface area contributed by atoms with Crippen LogP contribution in [0.4, 0.5) is 0 Å². The van der Waals surface area contributed by atoms with E-state index < -0.39 is 0 Å². The summed E-state index contributed by atoms with van der Waals surface area (Å²) >= 11 is 0. The van der Waals surface area contributed by atoms with E-state index in [1.165, 1.54) is 10.9 Å². The summed E-state index contributed by atoms with van der Waals surface area (Å²) in [5, 5.41) is 1.17. The molecule has 3 aromatic carbocycles. The van der Waals surface area contributed by atoms with Gasteiger partial charge in [0.05, 0.1) is 7.11 Å². The van der Waals surface area contributed by atoms with Crippen LogP contribution in [-0.2, 0) is 17.8 Å². The molecule has 6 nitrogen and oxygen atoms in total. The van der Waals surface area contributed by atoms with Crippen LogP contribution in [0, 0.1) is 5.92 Å². The number of rotatable bonds is 11. The lowest BCUT2D eigenvalue weighted by Crippen LogP contribution is -2.44. The normalized spacial score (nSPS) is 11.0. The molecule has 0 radical (unpaired) electrons. The second-order valence-electron chi connectivity index (χ2n) is 9.72. The van der Waals surface area contributed by atoms with Gasteiger partial charge < -0.3 is 19.5 Å². The van der Waals surface area contributed by atoms with Gasteiger partial charge in [-0.05, 0) is 53.8 Å². The number of benzene rings is 3. The van der Waals surface area contributed by atoms with Crippen molar-refractivity contribution in [2.45, 2.75) is 26.8 Å². The number of aromatic nitrogens is 1. The van der Waals surface area contributed by atoms with E-state index in [1.54, 1.807) is 36.3 Å². The van der Waals surface area contributed by atoms with Crippen molar-refractivity contribution < 1.29 is 14.3 Å². The van der Waals surface area contributed by atoms with Crippen molar-refractivity contribution >= 4 is 22.7 Å². The minimum absolute atomic E-state index is 0.0315. The first-order chi connectivity index (χ1) is 17.9. The lowest BCUT2D eigenvalue weighted by Gasteiger charge is -2.29. The zero-order chi connectivity index (χ0) is 26.2. The lowest BCUT2D eigenvalue weighted by molar-refractivity contribution is -0.132. The molecular formula is C31H35N3O3. The molecule has 4 rings (SSSR count). The van der Waals surface area contributed by atoms with Gasteiger partial charge in [-0.2, -0.15) is 0 Å². The first-order valence-electron chi connectivity index (χ1n) is 12.7. The molecule has 0 aliphatic carbocycles. The second kappa shape index (κ2) is 12.3. The predicted octanol–water partition coefficient (Wildman–Crippen LogP) is 5.55. The molecule has 0 aliphatic heterocycles. The number of H-pyrrole nitrogens is 1. The van der Waals surface area contributed by atoms with Gasteiger partial charge in [-0.25, -0.2) is 0 Å². The molecule has 0 spiro atoms. The highest BCUT2D eigenvalue weighted by molar-refractivity contribution is 5.96. The van der Waals surface area contributed by atoms with Crippen molar-refractivity contribution in [3.8, 4) is 5.75 Å². The Labute approximate surface area is 218 Å². The summed E-state index contributed by atoms with van der Waals surface area (Å²) in [6.07, 6.45) is 2.74. The van der Waals surface area contributed by atoms with Crippen molar-refractivity contribution in [3.63, 3.8) is 0 Å². The summed E-state index contributed by atoms with van der Waals surface area (Å²) in [4.78, 5) is 34.0. The van der Waals surface area contributed by atoms with Gasteiger partial charge in [0, 0.05) is 42.3 Å². The molecule has 0 fully saturated rings. The van der Waals surface area contributed by atoms with Crippen molar-refractivity contribution in [2.24, 2.45) is 5.92 Å². The van der Waals surface area contributed by atoms with Crippen molar-refractivity contribution in [3.05, 3.63) is 102 Å². The van der Waals surface area contributed by atoms with Crippen molar-refractivity contribution in [1.29, 1.82) is 0 Å². The third kappa shape index (κ3) is 6.79. The molecule has 0 aliphatic rings. The summed E-state index contributed by atoms with van der Waals surface area (Å²) in [5.41, 5.74) is 3.87. The number of hydrogen-bond acceptors (Lipinski definition) is 3. The second-order valence-corrected chi connectivity index (χ2v) is 9.72. The lowest BCUT2D eigenvalue weighted by atomic mass is 10.1. The maximum absolute atomic E-state index is 13.7. The number of carbonyl (C=O) groups is 2. The molecule has 37 heavy (non-hydrogen) atoms. The van der Waals surface area contributed by atoms with Gasteiger partial charge in [-0.1, -0.05) is 62.4 Å². The largest absolute Gasteiger partial charge is 0.497 e. The Morgan fingerprint density at radius 3 is 2.30 bits per heavy atom. The Morgan fingerprint density at radius 2 is 1.59 bits per heavy atom. The van der Waals surface area contributed by atoms with Crippen LogP contribution in [0.2, 0.25) is 0 Å².